The predicted octanol–water partition coefficient (Wildman–Crippen LogP) is 4.56. The maximum absolute atomic E-state index is 13.5. The molecule has 1 aromatic heterocycles. The van der Waals surface area contributed by atoms with E-state index < -0.39 is 11.7 Å². The Balaban J connectivity index is 0.00000100. The first-order valence-electron chi connectivity index (χ1n) is 8.47. The third-order valence-electron chi connectivity index (χ3n) is 3.43. The minimum absolute atomic E-state index is 0.266. The molecule has 1 amide bonds. The zero-order chi connectivity index (χ0) is 17.9. The molecule has 2 aromatic rings. The highest BCUT2D eigenvalue weighted by atomic mass is 19.1. The lowest BCUT2D eigenvalue weighted by Gasteiger charge is -2.19. The van der Waals surface area contributed by atoms with E-state index >= 15 is 0 Å². The summed E-state index contributed by atoms with van der Waals surface area (Å²) in [7, 11) is 0. The summed E-state index contributed by atoms with van der Waals surface area (Å²) in [5.74, 6) is 0.454. The number of carbonyl (C=O) groups is 1. The fraction of sp³-hybridized carbons (Fsp3) is 0.556. The minimum atomic E-state index is -0.538. The highest BCUT2D eigenvalue weighted by Crippen LogP contribution is 2.38. The molecule has 1 aliphatic rings. The summed E-state index contributed by atoms with van der Waals surface area (Å²) in [6.07, 6.45) is 1.64. The van der Waals surface area contributed by atoms with Crippen molar-refractivity contribution < 1.29 is 13.9 Å². The summed E-state index contributed by atoms with van der Waals surface area (Å²) in [4.78, 5) is 16.3. The normalized spacial score (nSPS) is 14.1. The fourth-order valence-electron chi connectivity index (χ4n) is 2.45. The van der Waals surface area contributed by atoms with Gasteiger partial charge in [-0.2, -0.15) is 0 Å². The molecule has 132 valence electrons. The van der Waals surface area contributed by atoms with Gasteiger partial charge in [0.1, 0.15) is 17.2 Å². The summed E-state index contributed by atoms with van der Waals surface area (Å²) in [5.41, 5.74) is 0.988. The summed E-state index contributed by atoms with van der Waals surface area (Å²) in [6.45, 7) is 9.71. The van der Waals surface area contributed by atoms with Crippen molar-refractivity contribution in [2.24, 2.45) is 0 Å². The molecule has 0 bridgehead atoms. The maximum Gasteiger partial charge on any atom is 0.408 e. The molecule has 5 nitrogen and oxygen atoms in total. The minimum Gasteiger partial charge on any atom is -0.444 e. The van der Waals surface area contributed by atoms with Gasteiger partial charge in [0.25, 0.3) is 0 Å². The van der Waals surface area contributed by atoms with Crippen molar-refractivity contribution in [1.82, 2.24) is 14.9 Å². The van der Waals surface area contributed by atoms with E-state index in [-0.39, 0.29) is 12.4 Å². The van der Waals surface area contributed by atoms with Crippen LogP contribution in [0.25, 0.3) is 11.0 Å². The Morgan fingerprint density at radius 3 is 2.62 bits per heavy atom. The van der Waals surface area contributed by atoms with Gasteiger partial charge >= 0.3 is 6.09 Å². The molecule has 6 heteroatoms. The molecule has 0 saturated heterocycles. The van der Waals surface area contributed by atoms with Crippen LogP contribution in [0.5, 0.6) is 0 Å². The second kappa shape index (κ2) is 7.20. The number of aromatic nitrogens is 2. The summed E-state index contributed by atoms with van der Waals surface area (Å²) in [5, 5.41) is 2.72. The van der Waals surface area contributed by atoms with Crippen LogP contribution in [0.2, 0.25) is 0 Å². The molecule has 3 rings (SSSR count). The van der Waals surface area contributed by atoms with Crippen LogP contribution in [0.4, 0.5) is 9.18 Å². The number of hydrogen-bond acceptors (Lipinski definition) is 3. The highest BCUT2D eigenvalue weighted by molar-refractivity contribution is 5.76. The zero-order valence-corrected chi connectivity index (χ0v) is 15.0. The highest BCUT2D eigenvalue weighted by Gasteiger charge is 2.28. The third-order valence-corrected chi connectivity index (χ3v) is 3.43. The number of imidazole rings is 1. The van der Waals surface area contributed by atoms with Gasteiger partial charge < -0.3 is 14.6 Å². The van der Waals surface area contributed by atoms with Gasteiger partial charge in [0.2, 0.25) is 0 Å². The fourth-order valence-corrected chi connectivity index (χ4v) is 2.45. The Morgan fingerprint density at radius 1 is 1.38 bits per heavy atom. The molecular weight excluding hydrogens is 309 g/mol. The quantitative estimate of drug-likeness (QED) is 0.894. The number of fused-ring (bicyclic) bond motifs is 1. The van der Waals surface area contributed by atoms with Crippen molar-refractivity contribution in [3.63, 3.8) is 0 Å². The van der Waals surface area contributed by atoms with E-state index in [0.29, 0.717) is 6.04 Å². The lowest BCUT2D eigenvalue weighted by molar-refractivity contribution is 0.0521. The molecule has 1 fully saturated rings. The first-order chi connectivity index (χ1) is 11.3. The summed E-state index contributed by atoms with van der Waals surface area (Å²) < 4.78 is 20.7. The number of alkyl carbamates (subject to hydrolysis) is 1. The Kier molecular flexibility index (Phi) is 5.47. The van der Waals surface area contributed by atoms with Crippen molar-refractivity contribution in [3.05, 3.63) is 29.8 Å². The van der Waals surface area contributed by atoms with E-state index in [1.165, 1.54) is 12.1 Å². The van der Waals surface area contributed by atoms with Gasteiger partial charge in [-0.1, -0.05) is 13.8 Å². The van der Waals surface area contributed by atoms with E-state index in [9.17, 15) is 9.18 Å². The van der Waals surface area contributed by atoms with Crippen LogP contribution >= 0.6 is 0 Å². The van der Waals surface area contributed by atoms with E-state index in [0.717, 1.165) is 29.7 Å². The molecule has 1 heterocycles. The first kappa shape index (κ1) is 18.2. The first-order valence-corrected chi connectivity index (χ1v) is 8.47. The molecule has 0 aliphatic heterocycles. The summed E-state index contributed by atoms with van der Waals surface area (Å²) in [6, 6.07) is 4.91. The Hall–Kier alpha value is -2.11. The number of amides is 1. The zero-order valence-electron chi connectivity index (χ0n) is 15.0. The van der Waals surface area contributed by atoms with Crippen LogP contribution in [-0.4, -0.2) is 21.2 Å². The van der Waals surface area contributed by atoms with Crippen molar-refractivity contribution in [2.75, 3.05) is 0 Å². The molecule has 24 heavy (non-hydrogen) atoms. The number of nitrogens with one attached hydrogen (secondary N) is 1. The van der Waals surface area contributed by atoms with Gasteiger partial charge in [0.15, 0.2) is 0 Å². The molecule has 1 saturated carbocycles. The SMILES string of the molecule is CC.CC(C)(C)OC(=O)NCc1nc2ccc(F)cc2n1C1CC1. The number of rotatable bonds is 3. The van der Waals surface area contributed by atoms with Gasteiger partial charge in [0, 0.05) is 6.04 Å². The second-order valence-corrected chi connectivity index (χ2v) is 6.62. The lowest BCUT2D eigenvalue weighted by atomic mass is 10.2. The van der Waals surface area contributed by atoms with Crippen LogP contribution < -0.4 is 5.32 Å². The topological polar surface area (TPSA) is 56.1 Å². The van der Waals surface area contributed by atoms with Crippen molar-refractivity contribution >= 4 is 17.1 Å². The van der Waals surface area contributed by atoms with Crippen LogP contribution in [0.15, 0.2) is 18.2 Å². The monoisotopic (exact) mass is 335 g/mol. The molecule has 0 spiro atoms. The number of ether oxygens (including phenoxy) is 1. The number of carbonyl (C=O) groups excluding carboxylic acids is 1. The molecule has 1 aliphatic carbocycles. The Labute approximate surface area is 142 Å². The van der Waals surface area contributed by atoms with Crippen LogP contribution in [0.1, 0.15) is 59.3 Å². The van der Waals surface area contributed by atoms with Crippen LogP contribution in [0.3, 0.4) is 0 Å². The van der Waals surface area contributed by atoms with Crippen molar-refractivity contribution in [3.8, 4) is 0 Å². The third kappa shape index (κ3) is 4.46. The average molecular weight is 335 g/mol. The Bertz CT molecular complexity index is 715. The molecule has 1 N–H and O–H groups in total. The molecule has 1 aromatic carbocycles. The summed E-state index contributed by atoms with van der Waals surface area (Å²) >= 11 is 0. The van der Waals surface area contributed by atoms with Gasteiger partial charge in [-0.05, 0) is 51.8 Å². The van der Waals surface area contributed by atoms with Gasteiger partial charge in [-0.3, -0.25) is 0 Å². The van der Waals surface area contributed by atoms with Crippen LogP contribution in [0, 0.1) is 5.82 Å². The molecule has 0 atom stereocenters. The van der Waals surface area contributed by atoms with Crippen molar-refractivity contribution in [1.29, 1.82) is 0 Å². The predicted molar refractivity (Wildman–Crippen MR) is 92.4 cm³/mol. The van der Waals surface area contributed by atoms with Crippen molar-refractivity contribution in [2.45, 2.75) is 65.6 Å². The van der Waals surface area contributed by atoms with E-state index in [2.05, 4.69) is 10.3 Å². The average Bonchev–Trinajstić information content (AvgIpc) is 3.27. The maximum atomic E-state index is 13.5. The number of halogens is 1. The number of benzene rings is 1. The van der Waals surface area contributed by atoms with Crippen LogP contribution in [-0.2, 0) is 11.3 Å². The number of nitrogens with zero attached hydrogens (tertiary/aromatic N) is 2. The molecular formula is C18H26FN3O2. The standard InChI is InChI=1S/C16H20FN3O2.C2H6/c1-16(2,3)22-15(21)18-9-14-19-12-7-4-10(17)8-13(12)20(14)11-5-6-11;1-2/h4,7-8,11H,5-6,9H2,1-3H3,(H,18,21);1-2H3. The Morgan fingerprint density at radius 2 is 2.04 bits per heavy atom. The lowest BCUT2D eigenvalue weighted by Crippen LogP contribution is -2.32. The smallest absolute Gasteiger partial charge is 0.408 e. The molecule has 0 unspecified atom stereocenters. The number of hydrogen-bond donors (Lipinski definition) is 1. The van der Waals surface area contributed by atoms with Gasteiger partial charge in [-0.15, -0.1) is 0 Å². The molecule has 0 radical (unpaired) electrons. The van der Waals surface area contributed by atoms with E-state index in [4.69, 9.17) is 4.74 Å². The van der Waals surface area contributed by atoms with E-state index in [1.807, 2.05) is 39.2 Å². The van der Waals surface area contributed by atoms with E-state index in [1.54, 1.807) is 6.07 Å². The van der Waals surface area contributed by atoms with Gasteiger partial charge in [0.05, 0.1) is 17.6 Å². The second-order valence-electron chi connectivity index (χ2n) is 6.62. The van der Waals surface area contributed by atoms with Gasteiger partial charge in [-0.25, -0.2) is 14.2 Å². The largest absolute Gasteiger partial charge is 0.444 e.